The predicted octanol–water partition coefficient (Wildman–Crippen LogP) is 5.65. The highest BCUT2D eigenvalue weighted by Crippen LogP contribution is 2.23. The lowest BCUT2D eigenvalue weighted by atomic mass is 10.3. The van der Waals surface area contributed by atoms with Crippen LogP contribution in [0.2, 0.25) is 10.0 Å². The van der Waals surface area contributed by atoms with Crippen molar-refractivity contribution in [3.8, 4) is 5.75 Å². The standard InChI is InChI=1S/C21H25Cl2N3O/c1-3-25(4-2)12-5-13-26-20-14-17(23)8-11-19(20)24-21(26)15-27-18-9-6-16(22)7-10-18/h6-11,14H,3-5,12-13,15H2,1-2H3. The van der Waals surface area contributed by atoms with Gasteiger partial charge in [0.2, 0.25) is 0 Å². The van der Waals surface area contributed by atoms with Gasteiger partial charge in [-0.15, -0.1) is 0 Å². The van der Waals surface area contributed by atoms with Crippen LogP contribution < -0.4 is 4.74 Å². The van der Waals surface area contributed by atoms with Gasteiger partial charge in [-0.25, -0.2) is 4.98 Å². The number of ether oxygens (including phenoxy) is 1. The van der Waals surface area contributed by atoms with E-state index in [2.05, 4.69) is 23.3 Å². The maximum atomic E-state index is 6.22. The smallest absolute Gasteiger partial charge is 0.147 e. The van der Waals surface area contributed by atoms with E-state index < -0.39 is 0 Å². The molecule has 0 N–H and O–H groups in total. The molecule has 0 unspecified atom stereocenters. The van der Waals surface area contributed by atoms with Crippen molar-refractivity contribution < 1.29 is 4.74 Å². The summed E-state index contributed by atoms with van der Waals surface area (Å²) in [6, 6.07) is 13.2. The Morgan fingerprint density at radius 1 is 1.00 bits per heavy atom. The van der Waals surface area contributed by atoms with Crippen LogP contribution in [0, 0.1) is 0 Å². The number of rotatable bonds is 9. The lowest BCUT2D eigenvalue weighted by Gasteiger charge is -2.18. The first kappa shape index (κ1) is 20.0. The topological polar surface area (TPSA) is 30.3 Å². The van der Waals surface area contributed by atoms with Crippen LogP contribution in [0.15, 0.2) is 42.5 Å². The van der Waals surface area contributed by atoms with Crippen LogP contribution in [-0.4, -0.2) is 34.1 Å². The minimum absolute atomic E-state index is 0.402. The van der Waals surface area contributed by atoms with Crippen molar-refractivity contribution in [1.29, 1.82) is 0 Å². The molecule has 3 rings (SSSR count). The molecule has 0 saturated heterocycles. The molecule has 0 saturated carbocycles. The SMILES string of the molecule is CCN(CC)CCCn1c(COc2ccc(Cl)cc2)nc2ccc(Cl)cc21. The van der Waals surface area contributed by atoms with Crippen LogP contribution in [0.5, 0.6) is 5.75 Å². The van der Waals surface area contributed by atoms with Gasteiger partial charge in [-0.2, -0.15) is 0 Å². The van der Waals surface area contributed by atoms with Gasteiger partial charge >= 0.3 is 0 Å². The number of aryl methyl sites for hydroxylation is 1. The van der Waals surface area contributed by atoms with Crippen LogP contribution in [0.25, 0.3) is 11.0 Å². The minimum atomic E-state index is 0.402. The van der Waals surface area contributed by atoms with Crippen molar-refractivity contribution in [3.05, 3.63) is 58.3 Å². The largest absolute Gasteiger partial charge is 0.486 e. The molecule has 1 heterocycles. The lowest BCUT2D eigenvalue weighted by Crippen LogP contribution is -2.25. The number of halogens is 2. The first-order valence-corrected chi connectivity index (χ1v) is 10.1. The quantitative estimate of drug-likeness (QED) is 0.460. The molecule has 27 heavy (non-hydrogen) atoms. The highest BCUT2D eigenvalue weighted by Gasteiger charge is 2.12. The van der Waals surface area contributed by atoms with Crippen LogP contribution in [0.3, 0.4) is 0 Å². The van der Waals surface area contributed by atoms with Crippen molar-refractivity contribution in [2.75, 3.05) is 19.6 Å². The molecule has 0 spiro atoms. The van der Waals surface area contributed by atoms with Gasteiger partial charge in [-0.3, -0.25) is 0 Å². The van der Waals surface area contributed by atoms with Crippen molar-refractivity contribution in [2.24, 2.45) is 0 Å². The summed E-state index contributed by atoms with van der Waals surface area (Å²) in [7, 11) is 0. The number of aromatic nitrogens is 2. The van der Waals surface area contributed by atoms with Gasteiger partial charge in [0.15, 0.2) is 0 Å². The third kappa shape index (κ3) is 5.16. The fraction of sp³-hybridized carbons (Fsp3) is 0.381. The fourth-order valence-corrected chi connectivity index (χ4v) is 3.47. The predicted molar refractivity (Wildman–Crippen MR) is 113 cm³/mol. The maximum Gasteiger partial charge on any atom is 0.147 e. The van der Waals surface area contributed by atoms with Gasteiger partial charge in [0.1, 0.15) is 18.2 Å². The lowest BCUT2D eigenvalue weighted by molar-refractivity contribution is 0.279. The monoisotopic (exact) mass is 405 g/mol. The zero-order chi connectivity index (χ0) is 19.2. The Bertz CT molecular complexity index is 873. The van der Waals surface area contributed by atoms with Crippen molar-refractivity contribution in [3.63, 3.8) is 0 Å². The molecule has 0 aliphatic carbocycles. The molecule has 6 heteroatoms. The molecule has 0 aliphatic rings. The minimum Gasteiger partial charge on any atom is -0.486 e. The van der Waals surface area contributed by atoms with E-state index in [1.54, 1.807) is 0 Å². The van der Waals surface area contributed by atoms with Crippen LogP contribution in [0.1, 0.15) is 26.1 Å². The first-order valence-electron chi connectivity index (χ1n) is 9.36. The Morgan fingerprint density at radius 2 is 1.70 bits per heavy atom. The molecule has 0 radical (unpaired) electrons. The average molecular weight is 406 g/mol. The molecule has 1 aromatic heterocycles. The Balaban J connectivity index is 1.79. The Kier molecular flexibility index (Phi) is 7.00. The van der Waals surface area contributed by atoms with E-state index in [-0.39, 0.29) is 0 Å². The number of nitrogens with zero attached hydrogens (tertiary/aromatic N) is 3. The number of fused-ring (bicyclic) bond motifs is 1. The molecule has 0 amide bonds. The van der Waals surface area contributed by atoms with Crippen LogP contribution in [0.4, 0.5) is 0 Å². The summed E-state index contributed by atoms with van der Waals surface area (Å²) in [5, 5.41) is 1.41. The van der Waals surface area contributed by atoms with E-state index in [0.29, 0.717) is 11.6 Å². The van der Waals surface area contributed by atoms with Crippen molar-refractivity contribution in [1.82, 2.24) is 14.5 Å². The molecule has 3 aromatic rings. The number of benzene rings is 2. The van der Waals surface area contributed by atoms with E-state index in [1.807, 2.05) is 42.5 Å². The summed E-state index contributed by atoms with van der Waals surface area (Å²) in [5.74, 6) is 1.68. The molecule has 144 valence electrons. The zero-order valence-electron chi connectivity index (χ0n) is 15.8. The molecule has 0 fully saturated rings. The number of imidazole rings is 1. The summed E-state index contributed by atoms with van der Waals surface area (Å²) in [5.41, 5.74) is 1.99. The Hall–Kier alpha value is -1.75. The van der Waals surface area contributed by atoms with Gasteiger partial charge in [0, 0.05) is 16.6 Å². The van der Waals surface area contributed by atoms with Gasteiger partial charge < -0.3 is 14.2 Å². The van der Waals surface area contributed by atoms with Crippen molar-refractivity contribution in [2.45, 2.75) is 33.4 Å². The van der Waals surface area contributed by atoms with E-state index >= 15 is 0 Å². The molecule has 0 bridgehead atoms. The summed E-state index contributed by atoms with van der Waals surface area (Å²) in [6.45, 7) is 8.87. The molecular weight excluding hydrogens is 381 g/mol. The molecule has 4 nitrogen and oxygen atoms in total. The molecule has 0 atom stereocenters. The van der Waals surface area contributed by atoms with Gasteiger partial charge in [-0.05, 0) is 68.5 Å². The maximum absolute atomic E-state index is 6.22. The summed E-state index contributed by atoms with van der Waals surface area (Å²) < 4.78 is 8.15. The first-order chi connectivity index (χ1) is 13.1. The van der Waals surface area contributed by atoms with Gasteiger partial charge in [0.25, 0.3) is 0 Å². The van der Waals surface area contributed by atoms with E-state index in [1.165, 1.54) is 0 Å². The third-order valence-electron chi connectivity index (χ3n) is 4.72. The average Bonchev–Trinajstić information content (AvgIpc) is 3.01. The highest BCUT2D eigenvalue weighted by molar-refractivity contribution is 6.31. The highest BCUT2D eigenvalue weighted by atomic mass is 35.5. The second-order valence-electron chi connectivity index (χ2n) is 6.44. The van der Waals surface area contributed by atoms with E-state index in [4.69, 9.17) is 32.9 Å². The molecule has 0 aliphatic heterocycles. The Morgan fingerprint density at radius 3 is 2.41 bits per heavy atom. The second-order valence-corrected chi connectivity index (χ2v) is 7.31. The summed E-state index contributed by atoms with van der Waals surface area (Å²) in [4.78, 5) is 7.19. The van der Waals surface area contributed by atoms with E-state index in [9.17, 15) is 0 Å². The molecular formula is C21H25Cl2N3O. The van der Waals surface area contributed by atoms with Gasteiger partial charge in [0.05, 0.1) is 11.0 Å². The van der Waals surface area contributed by atoms with Crippen molar-refractivity contribution >= 4 is 34.2 Å². The summed E-state index contributed by atoms with van der Waals surface area (Å²) >= 11 is 12.2. The summed E-state index contributed by atoms with van der Waals surface area (Å²) in [6.07, 6.45) is 1.05. The van der Waals surface area contributed by atoms with Crippen LogP contribution >= 0.6 is 23.2 Å². The normalized spacial score (nSPS) is 11.4. The van der Waals surface area contributed by atoms with E-state index in [0.717, 1.165) is 60.2 Å². The Labute approximate surface area is 170 Å². The van der Waals surface area contributed by atoms with Gasteiger partial charge in [-0.1, -0.05) is 37.0 Å². The molecule has 2 aromatic carbocycles. The third-order valence-corrected chi connectivity index (χ3v) is 5.21. The second kappa shape index (κ2) is 9.45. The zero-order valence-corrected chi connectivity index (χ0v) is 17.3. The number of hydrogen-bond donors (Lipinski definition) is 0. The van der Waals surface area contributed by atoms with Crippen LogP contribution in [-0.2, 0) is 13.2 Å². The fourth-order valence-electron chi connectivity index (χ4n) is 3.18. The number of hydrogen-bond acceptors (Lipinski definition) is 3.